The molecule has 0 radical (unpaired) electrons. The van der Waals surface area contributed by atoms with Crippen LogP contribution in [-0.4, -0.2) is 38.9 Å². The minimum atomic E-state index is -3.48. The lowest BCUT2D eigenvalue weighted by Crippen LogP contribution is -2.48. The van der Waals surface area contributed by atoms with Crippen molar-refractivity contribution in [1.82, 2.24) is 4.31 Å². The molecule has 0 bridgehead atoms. The second-order valence-corrected chi connectivity index (χ2v) is 9.14. The number of anilines is 1. The zero-order valence-corrected chi connectivity index (χ0v) is 16.5. The molecule has 1 fully saturated rings. The number of hydrogen-bond donors (Lipinski definition) is 0. The summed E-state index contributed by atoms with van der Waals surface area (Å²) < 4.78 is 27.8. The predicted octanol–water partition coefficient (Wildman–Crippen LogP) is 4.27. The molecule has 2 aromatic carbocycles. The highest BCUT2D eigenvalue weighted by molar-refractivity contribution is 9.10. The van der Waals surface area contributed by atoms with Crippen LogP contribution in [0.2, 0.25) is 10.0 Å². The van der Waals surface area contributed by atoms with Gasteiger partial charge in [-0.3, -0.25) is 0 Å². The summed E-state index contributed by atoms with van der Waals surface area (Å²) in [5.41, 5.74) is 0.838. The van der Waals surface area contributed by atoms with E-state index in [2.05, 4.69) is 20.8 Å². The van der Waals surface area contributed by atoms with Crippen LogP contribution in [0.25, 0.3) is 0 Å². The zero-order chi connectivity index (χ0) is 17.3. The van der Waals surface area contributed by atoms with Crippen LogP contribution in [0.5, 0.6) is 0 Å². The van der Waals surface area contributed by atoms with E-state index >= 15 is 0 Å². The summed E-state index contributed by atoms with van der Waals surface area (Å²) in [6.45, 7) is 1.94. The van der Waals surface area contributed by atoms with Crippen LogP contribution in [0.3, 0.4) is 0 Å². The Morgan fingerprint density at radius 3 is 2.17 bits per heavy atom. The van der Waals surface area contributed by atoms with E-state index in [4.69, 9.17) is 23.2 Å². The van der Waals surface area contributed by atoms with Gasteiger partial charge in [0.2, 0.25) is 10.0 Å². The first-order valence-electron chi connectivity index (χ1n) is 7.33. The van der Waals surface area contributed by atoms with Crippen molar-refractivity contribution < 1.29 is 8.42 Å². The molecule has 0 aliphatic carbocycles. The predicted molar refractivity (Wildman–Crippen MR) is 102 cm³/mol. The maximum absolute atomic E-state index is 12.7. The minimum absolute atomic E-state index is 0.305. The van der Waals surface area contributed by atoms with Crippen molar-refractivity contribution >= 4 is 54.8 Å². The first-order chi connectivity index (χ1) is 11.4. The molecule has 0 amide bonds. The normalized spacial score (nSPS) is 16.4. The lowest BCUT2D eigenvalue weighted by molar-refractivity contribution is 0.385. The number of rotatable bonds is 3. The Kier molecular flexibility index (Phi) is 5.42. The Hall–Kier alpha value is -0.790. The van der Waals surface area contributed by atoms with Crippen molar-refractivity contribution in [2.45, 2.75) is 4.90 Å². The molecule has 3 rings (SSSR count). The fourth-order valence-corrected chi connectivity index (χ4v) is 4.74. The van der Waals surface area contributed by atoms with Gasteiger partial charge in [0.05, 0.1) is 15.6 Å². The van der Waals surface area contributed by atoms with Crippen molar-refractivity contribution in [3.05, 3.63) is 57.0 Å². The third-order valence-electron chi connectivity index (χ3n) is 3.94. The van der Waals surface area contributed by atoms with Crippen molar-refractivity contribution in [1.29, 1.82) is 0 Å². The zero-order valence-electron chi connectivity index (χ0n) is 12.6. The van der Waals surface area contributed by atoms with Gasteiger partial charge in [-0.05, 0) is 42.5 Å². The second kappa shape index (κ2) is 7.22. The molecule has 0 atom stereocenters. The SMILES string of the molecule is O=S(=O)(c1ccc(Br)cc1)N1CCN(c2cc(Cl)ccc2Cl)CC1. The van der Waals surface area contributed by atoms with E-state index in [0.29, 0.717) is 41.1 Å². The molecule has 1 aliphatic heterocycles. The summed E-state index contributed by atoms with van der Waals surface area (Å²) in [4.78, 5) is 2.36. The lowest BCUT2D eigenvalue weighted by atomic mass is 10.2. The second-order valence-electron chi connectivity index (χ2n) is 5.44. The number of sulfonamides is 1. The van der Waals surface area contributed by atoms with Gasteiger partial charge >= 0.3 is 0 Å². The highest BCUT2D eigenvalue weighted by Gasteiger charge is 2.29. The summed E-state index contributed by atoms with van der Waals surface area (Å²) in [5, 5.41) is 1.22. The van der Waals surface area contributed by atoms with Crippen LogP contribution < -0.4 is 4.90 Å². The summed E-state index contributed by atoms with van der Waals surface area (Å²) in [5.74, 6) is 0. The van der Waals surface area contributed by atoms with E-state index in [-0.39, 0.29) is 0 Å². The molecular weight excluding hydrogens is 435 g/mol. The quantitative estimate of drug-likeness (QED) is 0.702. The van der Waals surface area contributed by atoms with Gasteiger partial charge in [0, 0.05) is 35.7 Å². The van der Waals surface area contributed by atoms with Crippen LogP contribution in [-0.2, 0) is 10.0 Å². The fourth-order valence-electron chi connectivity index (χ4n) is 2.65. The number of halogens is 3. The van der Waals surface area contributed by atoms with Crippen molar-refractivity contribution in [2.75, 3.05) is 31.1 Å². The fraction of sp³-hybridized carbons (Fsp3) is 0.250. The molecule has 0 saturated carbocycles. The van der Waals surface area contributed by atoms with Gasteiger partial charge in [-0.1, -0.05) is 39.1 Å². The molecule has 1 aliphatic rings. The van der Waals surface area contributed by atoms with Gasteiger partial charge < -0.3 is 4.90 Å². The van der Waals surface area contributed by atoms with Gasteiger partial charge in [-0.2, -0.15) is 4.31 Å². The Balaban J connectivity index is 1.75. The summed E-state index contributed by atoms with van der Waals surface area (Å²) in [6, 6.07) is 12.0. The average molecular weight is 450 g/mol. The molecule has 2 aromatic rings. The molecule has 0 N–H and O–H groups in total. The number of benzene rings is 2. The van der Waals surface area contributed by atoms with E-state index in [0.717, 1.165) is 10.2 Å². The van der Waals surface area contributed by atoms with Gasteiger partial charge in [0.25, 0.3) is 0 Å². The highest BCUT2D eigenvalue weighted by atomic mass is 79.9. The van der Waals surface area contributed by atoms with Gasteiger partial charge in [0.15, 0.2) is 0 Å². The molecule has 4 nitrogen and oxygen atoms in total. The van der Waals surface area contributed by atoms with E-state index < -0.39 is 10.0 Å². The van der Waals surface area contributed by atoms with E-state index in [9.17, 15) is 8.42 Å². The van der Waals surface area contributed by atoms with Crippen LogP contribution >= 0.6 is 39.1 Å². The Labute approximate surface area is 160 Å². The van der Waals surface area contributed by atoms with Crippen molar-refractivity contribution in [2.24, 2.45) is 0 Å². The maximum Gasteiger partial charge on any atom is 0.243 e. The largest absolute Gasteiger partial charge is 0.368 e. The van der Waals surface area contributed by atoms with Crippen LogP contribution in [0.15, 0.2) is 51.8 Å². The standard InChI is InChI=1S/C16H15BrCl2N2O2S/c17-12-1-4-14(5-2-12)24(22,23)21-9-7-20(8-10-21)16-11-13(18)3-6-15(16)19/h1-6,11H,7-10H2. The molecule has 0 spiro atoms. The number of nitrogens with zero attached hydrogens (tertiary/aromatic N) is 2. The summed E-state index contributed by atoms with van der Waals surface area (Å²) in [7, 11) is -3.48. The van der Waals surface area contributed by atoms with Gasteiger partial charge in [-0.15, -0.1) is 0 Å². The van der Waals surface area contributed by atoms with Gasteiger partial charge in [-0.25, -0.2) is 8.42 Å². The topological polar surface area (TPSA) is 40.6 Å². The maximum atomic E-state index is 12.7. The van der Waals surface area contributed by atoms with Crippen molar-refractivity contribution in [3.8, 4) is 0 Å². The van der Waals surface area contributed by atoms with E-state index in [1.54, 1.807) is 36.4 Å². The first-order valence-corrected chi connectivity index (χ1v) is 10.3. The van der Waals surface area contributed by atoms with Crippen LogP contribution in [0.1, 0.15) is 0 Å². The summed E-state index contributed by atoms with van der Waals surface area (Å²) in [6.07, 6.45) is 0. The first kappa shape index (κ1) is 18.0. The third-order valence-corrected chi connectivity index (χ3v) is 6.94. The molecule has 0 unspecified atom stereocenters. The molecule has 1 heterocycles. The monoisotopic (exact) mass is 448 g/mol. The molecule has 8 heteroatoms. The van der Waals surface area contributed by atoms with E-state index in [1.807, 2.05) is 6.07 Å². The van der Waals surface area contributed by atoms with Crippen LogP contribution in [0.4, 0.5) is 5.69 Å². The Bertz CT molecular complexity index is 836. The number of hydrogen-bond acceptors (Lipinski definition) is 3. The summed E-state index contributed by atoms with van der Waals surface area (Å²) >= 11 is 15.6. The van der Waals surface area contributed by atoms with Crippen LogP contribution in [0, 0.1) is 0 Å². The molecule has 128 valence electrons. The molecule has 24 heavy (non-hydrogen) atoms. The lowest BCUT2D eigenvalue weighted by Gasteiger charge is -2.35. The van der Waals surface area contributed by atoms with Crippen molar-refractivity contribution in [3.63, 3.8) is 0 Å². The molecule has 1 saturated heterocycles. The highest BCUT2D eigenvalue weighted by Crippen LogP contribution is 2.30. The van der Waals surface area contributed by atoms with E-state index in [1.165, 1.54) is 4.31 Å². The number of piperazine rings is 1. The molecular formula is C16H15BrCl2N2O2S. The third kappa shape index (κ3) is 3.73. The molecule has 0 aromatic heterocycles. The van der Waals surface area contributed by atoms with Gasteiger partial charge in [0.1, 0.15) is 0 Å². The minimum Gasteiger partial charge on any atom is -0.368 e. The average Bonchev–Trinajstić information content (AvgIpc) is 2.57. The Morgan fingerprint density at radius 1 is 0.917 bits per heavy atom. The Morgan fingerprint density at radius 2 is 1.54 bits per heavy atom. The smallest absolute Gasteiger partial charge is 0.243 e.